The predicted molar refractivity (Wildman–Crippen MR) is 167 cm³/mol. The van der Waals surface area contributed by atoms with Crippen molar-refractivity contribution in [2.75, 3.05) is 39.4 Å². The molecule has 0 fully saturated rings. The number of ether oxygens (including phenoxy) is 2. The maximum Gasteiger partial charge on any atom is 0.119 e. The monoisotopic (exact) mass is 539 g/mol. The number of nitrogens with one attached hydrogen (secondary N) is 3. The topological polar surface area (TPSA) is 54.5 Å². The highest BCUT2D eigenvalue weighted by Gasteiger charge is 1.99. The highest BCUT2D eigenvalue weighted by atomic mass is 16.5. The Morgan fingerprint density at radius 1 is 0.436 bits per heavy atom. The van der Waals surface area contributed by atoms with Crippen LogP contribution in [0.3, 0.4) is 0 Å². The third-order valence-corrected chi connectivity index (χ3v) is 7.00. The van der Waals surface area contributed by atoms with Gasteiger partial charge in [-0.1, -0.05) is 102 Å². The largest absolute Gasteiger partial charge is 0.494 e. The van der Waals surface area contributed by atoms with Crippen LogP contribution in [-0.4, -0.2) is 39.4 Å². The van der Waals surface area contributed by atoms with Crippen molar-refractivity contribution in [3.05, 3.63) is 59.7 Å². The van der Waals surface area contributed by atoms with Gasteiger partial charge in [0.15, 0.2) is 0 Å². The van der Waals surface area contributed by atoms with Gasteiger partial charge in [0.25, 0.3) is 0 Å². The molecule has 0 heterocycles. The van der Waals surface area contributed by atoms with Gasteiger partial charge in [0, 0.05) is 39.3 Å². The molecule has 2 aromatic rings. The number of hydrogen-bond acceptors (Lipinski definition) is 5. The van der Waals surface area contributed by atoms with E-state index in [4.69, 9.17) is 9.47 Å². The lowest BCUT2D eigenvalue weighted by atomic mass is 10.1. The molecule has 5 nitrogen and oxygen atoms in total. The summed E-state index contributed by atoms with van der Waals surface area (Å²) in [6.07, 6.45) is 15.5. The molecule has 0 saturated heterocycles. The summed E-state index contributed by atoms with van der Waals surface area (Å²) < 4.78 is 11.8. The Labute approximate surface area is 239 Å². The lowest BCUT2D eigenvalue weighted by Crippen LogP contribution is -2.32. The molecule has 0 unspecified atom stereocenters. The van der Waals surface area contributed by atoms with Crippen molar-refractivity contribution in [3.8, 4) is 11.5 Å². The molecule has 0 spiro atoms. The van der Waals surface area contributed by atoms with Crippen LogP contribution in [0.5, 0.6) is 11.5 Å². The molecule has 220 valence electrons. The van der Waals surface area contributed by atoms with Gasteiger partial charge in [0.2, 0.25) is 0 Å². The second kappa shape index (κ2) is 23.8. The van der Waals surface area contributed by atoms with Gasteiger partial charge in [0.1, 0.15) is 11.5 Å². The summed E-state index contributed by atoms with van der Waals surface area (Å²) >= 11 is 0. The second-order valence-corrected chi connectivity index (χ2v) is 10.6. The highest BCUT2D eigenvalue weighted by Crippen LogP contribution is 2.14. The number of hydrogen-bond donors (Lipinski definition) is 3. The maximum atomic E-state index is 5.88. The summed E-state index contributed by atoms with van der Waals surface area (Å²) in [6, 6.07) is 17.0. The Morgan fingerprint density at radius 3 is 1.21 bits per heavy atom. The summed E-state index contributed by atoms with van der Waals surface area (Å²) in [4.78, 5) is 0. The third kappa shape index (κ3) is 18.0. The summed E-state index contributed by atoms with van der Waals surface area (Å²) in [6.45, 7) is 11.8. The maximum absolute atomic E-state index is 5.88. The van der Waals surface area contributed by atoms with Crippen LogP contribution in [0.1, 0.15) is 102 Å². The van der Waals surface area contributed by atoms with E-state index < -0.39 is 0 Å². The number of rotatable bonds is 26. The first-order valence-electron chi connectivity index (χ1n) is 15.9. The number of benzene rings is 2. The van der Waals surface area contributed by atoms with Crippen LogP contribution in [0, 0.1) is 0 Å². The van der Waals surface area contributed by atoms with E-state index in [0.717, 1.165) is 76.8 Å². The smallest absolute Gasteiger partial charge is 0.119 e. The molecule has 0 radical (unpaired) electrons. The van der Waals surface area contributed by atoms with Crippen molar-refractivity contribution in [1.29, 1.82) is 0 Å². The molecule has 5 heteroatoms. The van der Waals surface area contributed by atoms with E-state index in [0.29, 0.717) is 0 Å². The fourth-order valence-corrected chi connectivity index (χ4v) is 4.50. The molecule has 3 N–H and O–H groups in total. The minimum Gasteiger partial charge on any atom is -0.494 e. The lowest BCUT2D eigenvalue weighted by molar-refractivity contribution is 0.304. The van der Waals surface area contributed by atoms with E-state index in [1.165, 1.54) is 75.3 Å². The second-order valence-electron chi connectivity index (χ2n) is 10.6. The van der Waals surface area contributed by atoms with E-state index in [2.05, 4.69) is 78.3 Å². The molecule has 39 heavy (non-hydrogen) atoms. The van der Waals surface area contributed by atoms with Gasteiger partial charge in [0.05, 0.1) is 13.2 Å². The zero-order valence-corrected chi connectivity index (χ0v) is 25.1. The third-order valence-electron chi connectivity index (χ3n) is 7.00. The summed E-state index contributed by atoms with van der Waals surface area (Å²) in [5.74, 6) is 1.96. The van der Waals surface area contributed by atoms with Crippen molar-refractivity contribution in [1.82, 2.24) is 16.0 Å². The molecule has 0 atom stereocenters. The fraction of sp³-hybridized carbons (Fsp3) is 0.647. The zero-order chi connectivity index (χ0) is 27.6. The molecular weight excluding hydrogens is 482 g/mol. The summed E-state index contributed by atoms with van der Waals surface area (Å²) in [5, 5.41) is 10.5. The average molecular weight is 540 g/mol. The quantitative estimate of drug-likeness (QED) is 0.107. The van der Waals surface area contributed by atoms with E-state index in [9.17, 15) is 0 Å². The van der Waals surface area contributed by atoms with E-state index in [1.54, 1.807) is 0 Å². The van der Waals surface area contributed by atoms with Crippen molar-refractivity contribution in [2.24, 2.45) is 0 Å². The fourth-order valence-electron chi connectivity index (χ4n) is 4.50. The Hall–Kier alpha value is -2.08. The van der Waals surface area contributed by atoms with Crippen LogP contribution >= 0.6 is 0 Å². The van der Waals surface area contributed by atoms with Crippen LogP contribution in [0.4, 0.5) is 0 Å². The normalized spacial score (nSPS) is 11.1. The Balaban J connectivity index is 1.39. The summed E-state index contributed by atoms with van der Waals surface area (Å²) in [7, 11) is 0. The molecule has 0 bridgehead atoms. The minimum absolute atomic E-state index is 0.824. The molecule has 0 amide bonds. The molecule has 0 aliphatic carbocycles. The molecule has 0 aliphatic heterocycles. The molecule has 0 aromatic heterocycles. The molecule has 0 aliphatic rings. The highest BCUT2D eigenvalue weighted by molar-refractivity contribution is 5.28. The minimum atomic E-state index is 0.824. The van der Waals surface area contributed by atoms with Crippen LogP contribution < -0.4 is 25.4 Å². The van der Waals surface area contributed by atoms with Gasteiger partial charge >= 0.3 is 0 Å². The predicted octanol–water partition coefficient (Wildman–Crippen LogP) is 7.63. The first-order valence-corrected chi connectivity index (χ1v) is 15.9. The van der Waals surface area contributed by atoms with Gasteiger partial charge in [-0.2, -0.15) is 0 Å². The van der Waals surface area contributed by atoms with Gasteiger partial charge in [-0.05, 0) is 48.2 Å². The Kier molecular flexibility index (Phi) is 20.2. The van der Waals surface area contributed by atoms with Gasteiger partial charge in [-0.25, -0.2) is 0 Å². The molecule has 2 rings (SSSR count). The molecule has 0 saturated carbocycles. The molecular formula is C34H57N3O2. The van der Waals surface area contributed by atoms with Gasteiger partial charge < -0.3 is 25.4 Å². The Bertz CT molecular complexity index is 728. The SMILES string of the molecule is CCCCCCCCOc1ccc(CNCCNCCNCc2ccc(OCCCCCCCC)cc2)cc1. The van der Waals surface area contributed by atoms with Crippen LogP contribution in [0.15, 0.2) is 48.5 Å². The van der Waals surface area contributed by atoms with Crippen molar-refractivity contribution >= 4 is 0 Å². The summed E-state index contributed by atoms with van der Waals surface area (Å²) in [5.41, 5.74) is 2.59. The van der Waals surface area contributed by atoms with E-state index >= 15 is 0 Å². The van der Waals surface area contributed by atoms with Crippen molar-refractivity contribution < 1.29 is 9.47 Å². The average Bonchev–Trinajstić information content (AvgIpc) is 2.97. The van der Waals surface area contributed by atoms with Crippen molar-refractivity contribution in [3.63, 3.8) is 0 Å². The van der Waals surface area contributed by atoms with Crippen molar-refractivity contribution in [2.45, 2.75) is 104 Å². The standard InChI is InChI=1S/C34H57N3O2/c1-3-5-7-9-11-13-27-38-33-19-15-31(16-20-33)29-36-25-23-35-24-26-37-30-32-17-21-34(22-18-32)39-28-14-12-10-8-6-4-2/h15-22,35-37H,3-14,23-30H2,1-2H3. The Morgan fingerprint density at radius 2 is 0.795 bits per heavy atom. The van der Waals surface area contributed by atoms with Crippen LogP contribution in [0.25, 0.3) is 0 Å². The van der Waals surface area contributed by atoms with Crippen LogP contribution in [0.2, 0.25) is 0 Å². The van der Waals surface area contributed by atoms with E-state index in [1.807, 2.05) is 0 Å². The van der Waals surface area contributed by atoms with Crippen LogP contribution in [-0.2, 0) is 13.1 Å². The van der Waals surface area contributed by atoms with E-state index in [-0.39, 0.29) is 0 Å². The first-order chi connectivity index (χ1) is 19.3. The number of unbranched alkanes of at least 4 members (excludes halogenated alkanes) is 10. The van der Waals surface area contributed by atoms with Gasteiger partial charge in [-0.15, -0.1) is 0 Å². The first kappa shape index (κ1) is 33.1. The van der Waals surface area contributed by atoms with Gasteiger partial charge in [-0.3, -0.25) is 0 Å². The lowest BCUT2D eigenvalue weighted by Gasteiger charge is -2.10. The zero-order valence-electron chi connectivity index (χ0n) is 25.1. The molecule has 2 aromatic carbocycles.